The zero-order valence-corrected chi connectivity index (χ0v) is 13.6. The first kappa shape index (κ1) is 17.7. The lowest BCUT2D eigenvalue weighted by Gasteiger charge is -2.09. The van der Waals surface area contributed by atoms with Gasteiger partial charge in [-0.1, -0.05) is 45.4 Å². The summed E-state index contributed by atoms with van der Waals surface area (Å²) in [4.78, 5) is 12.0. The molecule has 21 heavy (non-hydrogen) atoms. The molecule has 0 fully saturated rings. The molecule has 0 unspecified atom stereocenters. The number of hydrogen-bond acceptors (Lipinski definition) is 3. The number of benzene rings is 1. The zero-order valence-electron chi connectivity index (χ0n) is 13.6. The summed E-state index contributed by atoms with van der Waals surface area (Å²) in [5, 5.41) is 0. The van der Waals surface area contributed by atoms with Gasteiger partial charge in [-0.15, -0.1) is 0 Å². The van der Waals surface area contributed by atoms with Crippen molar-refractivity contribution >= 4 is 5.97 Å². The number of ether oxygens (including phenoxy) is 2. The van der Waals surface area contributed by atoms with Gasteiger partial charge in [0.1, 0.15) is 6.61 Å². The second-order valence-corrected chi connectivity index (χ2v) is 5.69. The van der Waals surface area contributed by atoms with Crippen molar-refractivity contribution in [2.24, 2.45) is 5.92 Å². The van der Waals surface area contributed by atoms with E-state index in [9.17, 15) is 4.79 Å². The average molecular weight is 292 g/mol. The highest BCUT2D eigenvalue weighted by molar-refractivity contribution is 5.91. The maximum absolute atomic E-state index is 12.0. The summed E-state index contributed by atoms with van der Waals surface area (Å²) in [7, 11) is 0. The second-order valence-electron chi connectivity index (χ2n) is 5.69. The summed E-state index contributed by atoms with van der Waals surface area (Å²) in [6.07, 6.45) is 4.15. The van der Waals surface area contributed by atoms with Crippen LogP contribution in [-0.4, -0.2) is 25.8 Å². The molecule has 1 aromatic carbocycles. The van der Waals surface area contributed by atoms with Crippen molar-refractivity contribution in [3.63, 3.8) is 0 Å². The van der Waals surface area contributed by atoms with Crippen LogP contribution in [0.4, 0.5) is 0 Å². The summed E-state index contributed by atoms with van der Waals surface area (Å²) in [5.74, 6) is 0.464. The standard InChI is InChI=1S/C18H28O3/c1-4-8-16-10-5-6-11-17(16)18(19)21-14-13-20-12-7-9-15(2)3/h5-6,10-11,15H,4,7-9,12-14H2,1-3H3. The maximum Gasteiger partial charge on any atom is 0.338 e. The van der Waals surface area contributed by atoms with E-state index in [1.54, 1.807) is 0 Å². The van der Waals surface area contributed by atoms with Crippen LogP contribution in [0, 0.1) is 5.92 Å². The van der Waals surface area contributed by atoms with Crippen LogP contribution in [0.15, 0.2) is 24.3 Å². The third-order valence-corrected chi connectivity index (χ3v) is 3.29. The molecule has 0 saturated carbocycles. The molecule has 1 rings (SSSR count). The van der Waals surface area contributed by atoms with Gasteiger partial charge in [-0.05, 0) is 36.8 Å². The molecule has 0 amide bonds. The summed E-state index contributed by atoms with van der Waals surface area (Å²) < 4.78 is 10.7. The fraction of sp³-hybridized carbons (Fsp3) is 0.611. The normalized spacial score (nSPS) is 10.9. The largest absolute Gasteiger partial charge is 0.460 e. The highest BCUT2D eigenvalue weighted by Crippen LogP contribution is 2.12. The molecule has 3 heteroatoms. The van der Waals surface area contributed by atoms with Crippen LogP contribution in [0.2, 0.25) is 0 Å². The maximum atomic E-state index is 12.0. The minimum atomic E-state index is -0.246. The Labute approximate surface area is 128 Å². The molecule has 0 bridgehead atoms. The fourth-order valence-corrected chi connectivity index (χ4v) is 2.17. The van der Waals surface area contributed by atoms with Crippen molar-refractivity contribution in [2.75, 3.05) is 19.8 Å². The van der Waals surface area contributed by atoms with E-state index in [2.05, 4.69) is 20.8 Å². The van der Waals surface area contributed by atoms with Crippen LogP contribution in [0.5, 0.6) is 0 Å². The van der Waals surface area contributed by atoms with Gasteiger partial charge in [0.2, 0.25) is 0 Å². The monoisotopic (exact) mass is 292 g/mol. The van der Waals surface area contributed by atoms with Gasteiger partial charge in [0.15, 0.2) is 0 Å². The van der Waals surface area contributed by atoms with E-state index in [1.165, 1.54) is 6.42 Å². The Bertz CT molecular complexity index is 413. The summed E-state index contributed by atoms with van der Waals surface area (Å²) in [6.45, 7) is 8.04. The highest BCUT2D eigenvalue weighted by atomic mass is 16.6. The first-order valence-corrected chi connectivity index (χ1v) is 7.98. The lowest BCUT2D eigenvalue weighted by atomic mass is 10.0. The summed E-state index contributed by atoms with van der Waals surface area (Å²) in [5.41, 5.74) is 1.74. The van der Waals surface area contributed by atoms with Crippen LogP contribution >= 0.6 is 0 Å². The van der Waals surface area contributed by atoms with Crippen molar-refractivity contribution < 1.29 is 14.3 Å². The Morgan fingerprint density at radius 2 is 1.90 bits per heavy atom. The van der Waals surface area contributed by atoms with Crippen molar-refractivity contribution in [1.82, 2.24) is 0 Å². The minimum absolute atomic E-state index is 0.246. The molecule has 0 aliphatic rings. The second kappa shape index (κ2) is 10.4. The van der Waals surface area contributed by atoms with E-state index in [0.717, 1.165) is 31.4 Å². The number of esters is 1. The van der Waals surface area contributed by atoms with E-state index >= 15 is 0 Å². The molecular weight excluding hydrogens is 264 g/mol. The van der Waals surface area contributed by atoms with Gasteiger partial charge in [-0.3, -0.25) is 0 Å². The number of carbonyl (C=O) groups excluding carboxylic acids is 1. The predicted octanol–water partition coefficient (Wildman–Crippen LogP) is 4.25. The number of rotatable bonds is 10. The molecular formula is C18H28O3. The van der Waals surface area contributed by atoms with Gasteiger partial charge in [0.05, 0.1) is 12.2 Å². The summed E-state index contributed by atoms with van der Waals surface area (Å²) >= 11 is 0. The molecule has 118 valence electrons. The van der Waals surface area contributed by atoms with Crippen LogP contribution in [0.25, 0.3) is 0 Å². The van der Waals surface area contributed by atoms with Gasteiger partial charge in [0.25, 0.3) is 0 Å². The Balaban J connectivity index is 2.25. The molecule has 0 radical (unpaired) electrons. The third kappa shape index (κ3) is 7.28. The minimum Gasteiger partial charge on any atom is -0.460 e. The van der Waals surface area contributed by atoms with E-state index in [1.807, 2.05) is 24.3 Å². The van der Waals surface area contributed by atoms with Crippen molar-refractivity contribution in [3.05, 3.63) is 35.4 Å². The van der Waals surface area contributed by atoms with Crippen LogP contribution in [0.1, 0.15) is 56.0 Å². The van der Waals surface area contributed by atoms with Crippen LogP contribution in [0.3, 0.4) is 0 Å². The van der Waals surface area contributed by atoms with Gasteiger partial charge >= 0.3 is 5.97 Å². The van der Waals surface area contributed by atoms with Crippen molar-refractivity contribution in [3.8, 4) is 0 Å². The smallest absolute Gasteiger partial charge is 0.338 e. The predicted molar refractivity (Wildman–Crippen MR) is 85.6 cm³/mol. The molecule has 0 N–H and O–H groups in total. The Morgan fingerprint density at radius 3 is 2.62 bits per heavy atom. The van der Waals surface area contributed by atoms with Crippen LogP contribution < -0.4 is 0 Å². The van der Waals surface area contributed by atoms with Crippen LogP contribution in [-0.2, 0) is 15.9 Å². The molecule has 0 aliphatic carbocycles. The highest BCUT2D eigenvalue weighted by Gasteiger charge is 2.11. The quantitative estimate of drug-likeness (QED) is 0.478. The van der Waals surface area contributed by atoms with E-state index in [0.29, 0.717) is 24.7 Å². The Morgan fingerprint density at radius 1 is 1.14 bits per heavy atom. The Hall–Kier alpha value is -1.35. The molecule has 3 nitrogen and oxygen atoms in total. The topological polar surface area (TPSA) is 35.5 Å². The van der Waals surface area contributed by atoms with Crippen molar-refractivity contribution in [2.45, 2.75) is 46.5 Å². The molecule has 0 spiro atoms. The van der Waals surface area contributed by atoms with Gasteiger partial charge in [0, 0.05) is 6.61 Å². The first-order valence-electron chi connectivity index (χ1n) is 7.98. The molecule has 0 aliphatic heterocycles. The molecule has 0 saturated heterocycles. The first-order chi connectivity index (χ1) is 10.1. The van der Waals surface area contributed by atoms with Gasteiger partial charge < -0.3 is 9.47 Å². The summed E-state index contributed by atoms with van der Waals surface area (Å²) in [6, 6.07) is 7.65. The molecule has 0 atom stereocenters. The molecule has 1 aromatic rings. The van der Waals surface area contributed by atoms with E-state index in [4.69, 9.17) is 9.47 Å². The number of carbonyl (C=O) groups is 1. The number of hydrogen-bond donors (Lipinski definition) is 0. The lowest BCUT2D eigenvalue weighted by molar-refractivity contribution is 0.0309. The zero-order chi connectivity index (χ0) is 15.5. The Kier molecular flexibility index (Phi) is 8.76. The fourth-order valence-electron chi connectivity index (χ4n) is 2.17. The van der Waals surface area contributed by atoms with E-state index < -0.39 is 0 Å². The lowest BCUT2D eigenvalue weighted by Crippen LogP contribution is -2.13. The van der Waals surface area contributed by atoms with E-state index in [-0.39, 0.29) is 5.97 Å². The number of aryl methyl sites for hydroxylation is 1. The van der Waals surface area contributed by atoms with Gasteiger partial charge in [-0.25, -0.2) is 4.79 Å². The molecule has 0 heterocycles. The van der Waals surface area contributed by atoms with Gasteiger partial charge in [-0.2, -0.15) is 0 Å². The average Bonchev–Trinajstić information content (AvgIpc) is 2.46. The third-order valence-electron chi connectivity index (χ3n) is 3.29. The van der Waals surface area contributed by atoms with Crippen molar-refractivity contribution in [1.29, 1.82) is 0 Å². The molecule has 0 aromatic heterocycles. The SMILES string of the molecule is CCCc1ccccc1C(=O)OCCOCCCC(C)C.